The van der Waals surface area contributed by atoms with Gasteiger partial charge < -0.3 is 14.2 Å². The molecular formula is C52H100O6. The summed E-state index contributed by atoms with van der Waals surface area (Å²) < 4.78 is 16.8. The molecule has 0 amide bonds. The zero-order valence-electron chi connectivity index (χ0n) is 39.7. The van der Waals surface area contributed by atoms with E-state index in [1.165, 1.54) is 173 Å². The maximum atomic E-state index is 12.8. The van der Waals surface area contributed by atoms with Crippen LogP contribution in [-0.4, -0.2) is 37.2 Å². The van der Waals surface area contributed by atoms with E-state index in [2.05, 4.69) is 34.6 Å². The van der Waals surface area contributed by atoms with Crippen LogP contribution in [0.3, 0.4) is 0 Å². The molecule has 0 rings (SSSR count). The lowest BCUT2D eigenvalue weighted by molar-refractivity contribution is -0.167. The Hall–Kier alpha value is -1.59. The van der Waals surface area contributed by atoms with Crippen LogP contribution < -0.4 is 0 Å². The van der Waals surface area contributed by atoms with Gasteiger partial charge in [-0.1, -0.05) is 247 Å². The average Bonchev–Trinajstić information content (AvgIpc) is 3.21. The third-order valence-corrected chi connectivity index (χ3v) is 12.1. The van der Waals surface area contributed by atoms with Crippen molar-refractivity contribution in [3.8, 4) is 0 Å². The molecule has 0 bridgehead atoms. The first-order valence-corrected chi connectivity index (χ1v) is 25.8. The normalized spacial score (nSPS) is 12.5. The second-order valence-corrected chi connectivity index (χ2v) is 18.5. The molecule has 2 atom stereocenters. The molecule has 0 aliphatic rings. The van der Waals surface area contributed by atoms with Crippen LogP contribution in [0.25, 0.3) is 0 Å². The minimum Gasteiger partial charge on any atom is -0.462 e. The highest BCUT2D eigenvalue weighted by Crippen LogP contribution is 2.18. The SMILES string of the molecule is CCCCCCCCCCCCCCCCCCC(=O)O[C@@H](COC(=O)CCCCCCCCCCCC(C)C)COC(=O)CCCCCCCCCCC(C)CC. The van der Waals surface area contributed by atoms with Crippen molar-refractivity contribution in [1.82, 2.24) is 0 Å². The summed E-state index contributed by atoms with van der Waals surface area (Å²) in [5, 5.41) is 0. The van der Waals surface area contributed by atoms with Crippen LogP contribution in [0, 0.1) is 11.8 Å². The van der Waals surface area contributed by atoms with Crippen LogP contribution in [0.4, 0.5) is 0 Å². The van der Waals surface area contributed by atoms with Crippen molar-refractivity contribution < 1.29 is 28.6 Å². The molecule has 6 heteroatoms. The van der Waals surface area contributed by atoms with E-state index in [9.17, 15) is 14.4 Å². The molecule has 58 heavy (non-hydrogen) atoms. The second kappa shape index (κ2) is 44.9. The van der Waals surface area contributed by atoms with Crippen molar-refractivity contribution in [2.75, 3.05) is 13.2 Å². The highest BCUT2D eigenvalue weighted by molar-refractivity contribution is 5.71. The molecule has 0 aliphatic carbocycles. The van der Waals surface area contributed by atoms with Crippen molar-refractivity contribution in [3.63, 3.8) is 0 Å². The highest BCUT2D eigenvalue weighted by atomic mass is 16.6. The molecule has 0 saturated heterocycles. The number of hydrogen-bond donors (Lipinski definition) is 0. The van der Waals surface area contributed by atoms with Gasteiger partial charge in [0.1, 0.15) is 13.2 Å². The fraction of sp³-hybridized carbons (Fsp3) is 0.942. The molecule has 344 valence electrons. The summed E-state index contributed by atoms with van der Waals surface area (Å²) in [5.41, 5.74) is 0. The first-order chi connectivity index (χ1) is 28.3. The first-order valence-electron chi connectivity index (χ1n) is 25.8. The summed E-state index contributed by atoms with van der Waals surface area (Å²) in [6.07, 6.45) is 45.1. The maximum absolute atomic E-state index is 12.8. The first kappa shape index (κ1) is 56.4. The standard InChI is InChI=1S/C52H100O6/c1-6-8-9-10-11-12-13-14-15-16-17-18-21-29-34-39-44-52(55)58-49(45-56-50(53)42-37-32-27-22-19-20-25-30-35-40-47(3)4)46-57-51(54)43-38-33-28-24-23-26-31-36-41-48(5)7-2/h47-49H,6-46H2,1-5H3/t48?,49-/m0/s1. The monoisotopic (exact) mass is 821 g/mol. The Kier molecular flexibility index (Phi) is 43.7. The number of rotatable bonds is 46. The van der Waals surface area contributed by atoms with Crippen molar-refractivity contribution in [2.24, 2.45) is 11.8 Å². The summed E-state index contributed by atoms with van der Waals surface area (Å²) in [6, 6.07) is 0. The van der Waals surface area contributed by atoms with E-state index in [4.69, 9.17) is 14.2 Å². The Balaban J connectivity index is 4.32. The molecule has 0 fully saturated rings. The van der Waals surface area contributed by atoms with E-state index in [1.54, 1.807) is 0 Å². The third-order valence-electron chi connectivity index (χ3n) is 12.1. The predicted molar refractivity (Wildman–Crippen MR) is 247 cm³/mol. The van der Waals surface area contributed by atoms with Crippen LogP contribution in [0.1, 0.15) is 285 Å². The molecule has 0 aromatic carbocycles. The Bertz CT molecular complexity index is 887. The minimum atomic E-state index is -0.762. The number of esters is 3. The van der Waals surface area contributed by atoms with Gasteiger partial charge in [0.2, 0.25) is 0 Å². The van der Waals surface area contributed by atoms with E-state index in [-0.39, 0.29) is 31.1 Å². The number of carbonyl (C=O) groups excluding carboxylic acids is 3. The van der Waals surface area contributed by atoms with Crippen molar-refractivity contribution >= 4 is 17.9 Å². The third kappa shape index (κ3) is 44.0. The van der Waals surface area contributed by atoms with Gasteiger partial charge in [-0.25, -0.2) is 0 Å². The minimum absolute atomic E-state index is 0.0645. The van der Waals surface area contributed by atoms with E-state index in [0.717, 1.165) is 69.6 Å². The zero-order valence-corrected chi connectivity index (χ0v) is 39.7. The molecule has 0 heterocycles. The molecule has 0 spiro atoms. The largest absolute Gasteiger partial charge is 0.462 e. The molecule has 0 aromatic heterocycles. The van der Waals surface area contributed by atoms with Gasteiger partial charge in [0.05, 0.1) is 0 Å². The molecule has 1 unspecified atom stereocenters. The second-order valence-electron chi connectivity index (χ2n) is 18.5. The molecule has 6 nitrogen and oxygen atoms in total. The summed E-state index contributed by atoms with van der Waals surface area (Å²) in [7, 11) is 0. The topological polar surface area (TPSA) is 78.9 Å². The van der Waals surface area contributed by atoms with Gasteiger partial charge in [-0.15, -0.1) is 0 Å². The lowest BCUT2D eigenvalue weighted by atomic mass is 9.99. The van der Waals surface area contributed by atoms with E-state index < -0.39 is 6.10 Å². The van der Waals surface area contributed by atoms with Crippen molar-refractivity contribution in [2.45, 2.75) is 291 Å². The fourth-order valence-electron chi connectivity index (χ4n) is 7.78. The lowest BCUT2D eigenvalue weighted by Gasteiger charge is -2.18. The predicted octanol–water partition coefficient (Wildman–Crippen LogP) is 16.5. The van der Waals surface area contributed by atoms with Gasteiger partial charge >= 0.3 is 17.9 Å². The Labute approximate surface area is 361 Å². The Morgan fingerprint density at radius 1 is 0.362 bits per heavy atom. The Morgan fingerprint density at radius 3 is 0.983 bits per heavy atom. The van der Waals surface area contributed by atoms with Gasteiger partial charge in [-0.3, -0.25) is 14.4 Å². The quantitative estimate of drug-likeness (QED) is 0.0346. The van der Waals surface area contributed by atoms with Gasteiger partial charge in [0.25, 0.3) is 0 Å². The number of ether oxygens (including phenoxy) is 3. The number of carbonyl (C=O) groups is 3. The van der Waals surface area contributed by atoms with Gasteiger partial charge in [-0.2, -0.15) is 0 Å². The average molecular weight is 821 g/mol. The van der Waals surface area contributed by atoms with E-state index in [1.807, 2.05) is 0 Å². The van der Waals surface area contributed by atoms with Crippen molar-refractivity contribution in [3.05, 3.63) is 0 Å². The van der Waals surface area contributed by atoms with Crippen LogP contribution >= 0.6 is 0 Å². The molecular weight excluding hydrogens is 721 g/mol. The summed E-state index contributed by atoms with van der Waals surface area (Å²) in [6.45, 7) is 11.4. The van der Waals surface area contributed by atoms with Gasteiger partial charge in [0.15, 0.2) is 6.10 Å². The van der Waals surface area contributed by atoms with Crippen LogP contribution in [0.2, 0.25) is 0 Å². The van der Waals surface area contributed by atoms with Crippen molar-refractivity contribution in [1.29, 1.82) is 0 Å². The summed E-state index contributed by atoms with van der Waals surface area (Å²) >= 11 is 0. The van der Waals surface area contributed by atoms with Gasteiger partial charge in [-0.05, 0) is 31.1 Å². The van der Waals surface area contributed by atoms with Gasteiger partial charge in [0, 0.05) is 19.3 Å². The molecule has 0 aromatic rings. The fourth-order valence-corrected chi connectivity index (χ4v) is 7.78. The highest BCUT2D eigenvalue weighted by Gasteiger charge is 2.19. The molecule has 0 aliphatic heterocycles. The van der Waals surface area contributed by atoms with E-state index >= 15 is 0 Å². The zero-order chi connectivity index (χ0) is 42.6. The van der Waals surface area contributed by atoms with Crippen LogP contribution in [-0.2, 0) is 28.6 Å². The van der Waals surface area contributed by atoms with Crippen LogP contribution in [0.5, 0.6) is 0 Å². The molecule has 0 saturated carbocycles. The summed E-state index contributed by atoms with van der Waals surface area (Å²) in [4.78, 5) is 37.9. The lowest BCUT2D eigenvalue weighted by Crippen LogP contribution is -2.30. The molecule has 0 N–H and O–H groups in total. The number of unbranched alkanes of at least 4 members (excludes halogenated alkanes) is 30. The number of hydrogen-bond acceptors (Lipinski definition) is 6. The Morgan fingerprint density at radius 2 is 0.655 bits per heavy atom. The maximum Gasteiger partial charge on any atom is 0.306 e. The smallest absolute Gasteiger partial charge is 0.306 e. The van der Waals surface area contributed by atoms with Crippen LogP contribution in [0.15, 0.2) is 0 Å². The van der Waals surface area contributed by atoms with E-state index in [0.29, 0.717) is 19.3 Å². The molecule has 0 radical (unpaired) electrons. The summed E-state index contributed by atoms with van der Waals surface area (Å²) in [5.74, 6) is 0.806.